The van der Waals surface area contributed by atoms with Crippen molar-refractivity contribution < 1.29 is 0 Å². The van der Waals surface area contributed by atoms with E-state index in [0.717, 1.165) is 0 Å². The predicted molar refractivity (Wildman–Crippen MR) is 97.1 cm³/mol. The van der Waals surface area contributed by atoms with Crippen molar-refractivity contribution >= 4 is 0 Å². The molecule has 0 unspecified atom stereocenters. The third-order valence-electron chi connectivity index (χ3n) is 3.69. The van der Waals surface area contributed by atoms with E-state index in [9.17, 15) is 0 Å². The maximum Gasteiger partial charge on any atom is 0.0277 e. The van der Waals surface area contributed by atoms with Crippen LogP contribution in [0, 0.1) is 17.8 Å². The van der Waals surface area contributed by atoms with Gasteiger partial charge in [0.15, 0.2) is 0 Å². The number of hydrogen-bond donors (Lipinski definition) is 0. The van der Waals surface area contributed by atoms with Crippen LogP contribution in [0.3, 0.4) is 0 Å². The lowest BCUT2D eigenvalue weighted by Crippen LogP contribution is -2.29. The van der Waals surface area contributed by atoms with Crippen LogP contribution in [-0.4, -0.2) is 10.9 Å². The van der Waals surface area contributed by atoms with Crippen LogP contribution in [0.1, 0.15) is 69.2 Å². The van der Waals surface area contributed by atoms with Crippen LogP contribution in [0.25, 0.3) is 0 Å². The number of hydrogen-bond acceptors (Lipinski definition) is 1. The zero-order valence-corrected chi connectivity index (χ0v) is 16.0. The minimum absolute atomic E-state index is 0.502. The molecule has 0 saturated carbocycles. The van der Waals surface area contributed by atoms with Crippen molar-refractivity contribution in [3.05, 3.63) is 35.2 Å². The molecule has 0 aromatic heterocycles. The van der Waals surface area contributed by atoms with Gasteiger partial charge in [0.1, 0.15) is 0 Å². The van der Waals surface area contributed by atoms with Crippen LogP contribution in [0.2, 0.25) is 0 Å². The molecule has 0 aliphatic carbocycles. The molecule has 21 heavy (non-hydrogen) atoms. The first-order chi connectivity index (χ1) is 9.77. The molecule has 1 heteroatoms. The smallest absolute Gasteiger partial charge is 0.0277 e. The molecule has 122 valence electrons. The van der Waals surface area contributed by atoms with Crippen molar-refractivity contribution in [1.29, 1.82) is 0 Å². The highest BCUT2D eigenvalue weighted by molar-refractivity contribution is 5.43. The van der Waals surface area contributed by atoms with Crippen LogP contribution in [-0.2, 0) is 0 Å². The topological polar surface area (TPSA) is 3.24 Å². The summed E-state index contributed by atoms with van der Waals surface area (Å²) in [6, 6.07) is 0.502. The fraction of sp³-hybridized carbons (Fsp3) is 0.700. The second kappa shape index (κ2) is 9.12. The molecule has 0 spiro atoms. The average molecular weight is 292 g/mol. The Bertz CT molecular complexity index is 392. The van der Waals surface area contributed by atoms with E-state index in [-0.39, 0.29) is 0 Å². The lowest BCUT2D eigenvalue weighted by atomic mass is 9.84. The Labute approximate surface area is 133 Å². The van der Waals surface area contributed by atoms with E-state index in [2.05, 4.69) is 78.6 Å². The second-order valence-electron chi connectivity index (χ2n) is 6.73. The Kier molecular flexibility index (Phi) is 8.70. The van der Waals surface area contributed by atoms with Gasteiger partial charge in [-0.15, -0.1) is 0 Å². The lowest BCUT2D eigenvalue weighted by Gasteiger charge is -2.34. The fourth-order valence-corrected chi connectivity index (χ4v) is 2.89. The highest BCUT2D eigenvalue weighted by atomic mass is 15.1. The molecule has 0 radical (unpaired) electrons. The van der Waals surface area contributed by atoms with Gasteiger partial charge in [0.2, 0.25) is 0 Å². The Morgan fingerprint density at radius 2 is 1.29 bits per heavy atom. The van der Waals surface area contributed by atoms with Gasteiger partial charge in [0, 0.05) is 17.9 Å². The number of rotatable bonds is 4. The van der Waals surface area contributed by atoms with Gasteiger partial charge in [-0.05, 0) is 48.8 Å². The zero-order valence-electron chi connectivity index (χ0n) is 16.0. The molecule has 0 fully saturated rings. The van der Waals surface area contributed by atoms with Gasteiger partial charge in [0.25, 0.3) is 0 Å². The summed E-state index contributed by atoms with van der Waals surface area (Å²) in [6.07, 6.45) is 6.77. The SMILES string of the molecule is CC.CC(C)C1=CC=CN(C(C)C)C(C(C)C)=C1C(C)C. The van der Waals surface area contributed by atoms with Gasteiger partial charge in [-0.25, -0.2) is 0 Å². The summed E-state index contributed by atoms with van der Waals surface area (Å²) in [6.45, 7) is 22.4. The molecule has 0 atom stereocenters. The molecule has 1 aliphatic rings. The first kappa shape index (κ1) is 20.0. The first-order valence-electron chi connectivity index (χ1n) is 8.68. The first-order valence-corrected chi connectivity index (χ1v) is 8.68. The minimum atomic E-state index is 0.502. The van der Waals surface area contributed by atoms with Gasteiger partial charge >= 0.3 is 0 Å². The van der Waals surface area contributed by atoms with E-state index in [1.807, 2.05) is 13.8 Å². The summed E-state index contributed by atoms with van der Waals surface area (Å²) in [4.78, 5) is 2.45. The summed E-state index contributed by atoms with van der Waals surface area (Å²) < 4.78 is 0. The number of allylic oxidation sites excluding steroid dienone is 5. The average Bonchev–Trinajstić information content (AvgIpc) is 2.60. The van der Waals surface area contributed by atoms with Crippen molar-refractivity contribution in [3.63, 3.8) is 0 Å². The van der Waals surface area contributed by atoms with Crippen LogP contribution >= 0.6 is 0 Å². The van der Waals surface area contributed by atoms with Gasteiger partial charge in [-0.3, -0.25) is 0 Å². The van der Waals surface area contributed by atoms with Gasteiger partial charge in [0.05, 0.1) is 0 Å². The van der Waals surface area contributed by atoms with E-state index in [1.54, 1.807) is 5.57 Å². The van der Waals surface area contributed by atoms with E-state index in [0.29, 0.717) is 23.8 Å². The fourth-order valence-electron chi connectivity index (χ4n) is 2.89. The van der Waals surface area contributed by atoms with Crippen molar-refractivity contribution in [2.24, 2.45) is 17.8 Å². The van der Waals surface area contributed by atoms with Gasteiger partial charge in [-0.2, -0.15) is 0 Å². The third kappa shape index (κ3) is 5.05. The molecule has 0 aromatic rings. The largest absolute Gasteiger partial charge is 0.348 e. The lowest BCUT2D eigenvalue weighted by molar-refractivity contribution is 0.340. The van der Waals surface area contributed by atoms with Crippen molar-refractivity contribution in [3.8, 4) is 0 Å². The van der Waals surface area contributed by atoms with Crippen LogP contribution in [0.5, 0.6) is 0 Å². The molecule has 1 rings (SSSR count). The van der Waals surface area contributed by atoms with Crippen LogP contribution < -0.4 is 0 Å². The maximum absolute atomic E-state index is 2.45. The molecule has 0 amide bonds. The monoisotopic (exact) mass is 291 g/mol. The molecule has 0 N–H and O–H groups in total. The second-order valence-corrected chi connectivity index (χ2v) is 6.73. The Balaban J connectivity index is 0.00000191. The maximum atomic E-state index is 2.45. The van der Waals surface area contributed by atoms with Crippen LogP contribution in [0.4, 0.5) is 0 Å². The molecule has 1 heterocycles. The highest BCUT2D eigenvalue weighted by Crippen LogP contribution is 2.36. The summed E-state index contributed by atoms with van der Waals surface area (Å²) in [7, 11) is 0. The van der Waals surface area contributed by atoms with Gasteiger partial charge < -0.3 is 4.90 Å². The summed E-state index contributed by atoms with van der Waals surface area (Å²) in [5.41, 5.74) is 4.54. The van der Waals surface area contributed by atoms with E-state index < -0.39 is 0 Å². The van der Waals surface area contributed by atoms with Crippen LogP contribution in [0.15, 0.2) is 35.2 Å². The predicted octanol–water partition coefficient (Wildman–Crippen LogP) is 6.40. The Hall–Kier alpha value is -0.980. The molecule has 1 nitrogen and oxygen atoms in total. The zero-order chi connectivity index (χ0) is 16.7. The van der Waals surface area contributed by atoms with Crippen molar-refractivity contribution in [2.45, 2.75) is 75.3 Å². The van der Waals surface area contributed by atoms with E-state index in [4.69, 9.17) is 0 Å². The Morgan fingerprint density at radius 1 is 0.762 bits per heavy atom. The van der Waals surface area contributed by atoms with Gasteiger partial charge in [-0.1, -0.05) is 61.5 Å². The third-order valence-corrected chi connectivity index (χ3v) is 3.69. The van der Waals surface area contributed by atoms with E-state index in [1.165, 1.54) is 11.3 Å². The van der Waals surface area contributed by atoms with E-state index >= 15 is 0 Å². The molecule has 0 bridgehead atoms. The summed E-state index contributed by atoms with van der Waals surface area (Å²) in [5.74, 6) is 1.68. The summed E-state index contributed by atoms with van der Waals surface area (Å²) >= 11 is 0. The normalized spacial score (nSPS) is 15.7. The standard InChI is InChI=1S/C18H31N.C2H6/c1-12(2)16-10-9-11-19(15(7)8)18(14(5)6)17(16)13(3)4;1-2/h9-15H,1-8H3;1-2H3. The highest BCUT2D eigenvalue weighted by Gasteiger charge is 2.25. The quantitative estimate of drug-likeness (QED) is 0.579. The Morgan fingerprint density at radius 3 is 1.62 bits per heavy atom. The molecular formula is C20H37N. The molecule has 0 saturated heterocycles. The minimum Gasteiger partial charge on any atom is -0.348 e. The van der Waals surface area contributed by atoms with Crippen molar-refractivity contribution in [2.75, 3.05) is 0 Å². The van der Waals surface area contributed by atoms with Crippen molar-refractivity contribution in [1.82, 2.24) is 4.90 Å². The molecule has 0 aromatic carbocycles. The number of nitrogens with zero attached hydrogens (tertiary/aromatic N) is 1. The molecular weight excluding hydrogens is 254 g/mol. The molecule has 1 aliphatic heterocycles. The summed E-state index contributed by atoms with van der Waals surface area (Å²) in [5, 5.41) is 0.